The predicted molar refractivity (Wildman–Crippen MR) is 110 cm³/mol. The van der Waals surface area contributed by atoms with Crippen LogP contribution in [-0.2, 0) is 27.3 Å². The summed E-state index contributed by atoms with van der Waals surface area (Å²) in [5, 5.41) is 0.110. The Morgan fingerprint density at radius 3 is 1.82 bits per heavy atom. The van der Waals surface area contributed by atoms with E-state index >= 15 is 0 Å². The van der Waals surface area contributed by atoms with Crippen molar-refractivity contribution in [2.45, 2.75) is 19.0 Å². The van der Waals surface area contributed by atoms with Crippen molar-refractivity contribution >= 4 is 27.8 Å². The second-order valence-corrected chi connectivity index (χ2v) is 6.66. The van der Waals surface area contributed by atoms with Crippen molar-refractivity contribution in [1.82, 2.24) is 4.90 Å². The molecule has 6 nitrogen and oxygen atoms in total. The first-order valence-corrected chi connectivity index (χ1v) is 9.83. The molecule has 0 radical (unpaired) electrons. The highest BCUT2D eigenvalue weighted by Gasteiger charge is 2.30. The van der Waals surface area contributed by atoms with E-state index in [1.54, 1.807) is 14.2 Å². The number of methoxy groups -OCH3 is 3. The van der Waals surface area contributed by atoms with E-state index in [1.807, 2.05) is 48.5 Å². The van der Waals surface area contributed by atoms with Crippen molar-refractivity contribution in [3.05, 3.63) is 59.7 Å². The highest BCUT2D eigenvalue weighted by molar-refractivity contribution is 9.09. The van der Waals surface area contributed by atoms with Gasteiger partial charge in [0.25, 0.3) is 0 Å². The van der Waals surface area contributed by atoms with Crippen molar-refractivity contribution in [3.63, 3.8) is 0 Å². The van der Waals surface area contributed by atoms with Crippen LogP contribution in [0, 0.1) is 0 Å². The molecule has 1 amide bonds. The largest absolute Gasteiger partial charge is 0.497 e. The van der Waals surface area contributed by atoms with Gasteiger partial charge in [-0.1, -0.05) is 40.2 Å². The molecule has 0 N–H and O–H groups in total. The number of carbonyl (C=O) groups is 2. The van der Waals surface area contributed by atoms with Crippen LogP contribution >= 0.6 is 15.9 Å². The molecule has 2 aromatic carbocycles. The number of alkyl halides is 1. The zero-order chi connectivity index (χ0) is 20.5. The molecule has 0 heterocycles. The van der Waals surface area contributed by atoms with Gasteiger partial charge in [0.15, 0.2) is 0 Å². The molecule has 0 aliphatic carbocycles. The van der Waals surface area contributed by atoms with E-state index in [1.165, 1.54) is 12.0 Å². The number of amides is 1. The second kappa shape index (κ2) is 10.7. The first kappa shape index (κ1) is 21.8. The summed E-state index contributed by atoms with van der Waals surface area (Å²) in [4.78, 5) is 26.7. The fourth-order valence-electron chi connectivity index (χ4n) is 2.82. The van der Waals surface area contributed by atoms with E-state index in [-0.39, 0.29) is 17.8 Å². The summed E-state index contributed by atoms with van der Waals surface area (Å²) < 4.78 is 15.3. The lowest BCUT2D eigenvalue weighted by atomic mass is 10.0. The first-order chi connectivity index (χ1) is 13.5. The summed E-state index contributed by atoms with van der Waals surface area (Å²) in [6.07, 6.45) is 0.339. The maximum Gasteiger partial charge on any atom is 0.328 e. The molecule has 0 aliphatic heterocycles. The Labute approximate surface area is 173 Å². The Morgan fingerprint density at radius 2 is 1.39 bits per heavy atom. The summed E-state index contributed by atoms with van der Waals surface area (Å²) in [6, 6.07) is 14.0. The van der Waals surface area contributed by atoms with Gasteiger partial charge in [-0.15, -0.1) is 0 Å². The van der Waals surface area contributed by atoms with Crippen LogP contribution in [0.3, 0.4) is 0 Å². The minimum atomic E-state index is -0.745. The molecule has 0 aliphatic rings. The van der Waals surface area contributed by atoms with Gasteiger partial charge < -0.3 is 19.1 Å². The fourth-order valence-corrected chi connectivity index (χ4v) is 3.14. The maximum absolute atomic E-state index is 12.6. The smallest absolute Gasteiger partial charge is 0.328 e. The summed E-state index contributed by atoms with van der Waals surface area (Å²) in [5.74, 6) is 0.799. The van der Waals surface area contributed by atoms with E-state index in [0.717, 1.165) is 22.6 Å². The molecule has 28 heavy (non-hydrogen) atoms. The third kappa shape index (κ3) is 5.73. The van der Waals surface area contributed by atoms with Gasteiger partial charge in [0, 0.05) is 13.0 Å². The van der Waals surface area contributed by atoms with Crippen LogP contribution in [-0.4, -0.2) is 49.5 Å². The van der Waals surface area contributed by atoms with Crippen molar-refractivity contribution in [1.29, 1.82) is 0 Å². The van der Waals surface area contributed by atoms with Crippen LogP contribution in [0.1, 0.15) is 11.1 Å². The van der Waals surface area contributed by atoms with Crippen LogP contribution < -0.4 is 9.47 Å². The summed E-state index contributed by atoms with van der Waals surface area (Å²) in [6.45, 7) is 0.282. The lowest BCUT2D eigenvalue weighted by molar-refractivity contribution is -0.152. The standard InChI is InChI=1S/C21H24BrNO5/c1-26-17-8-4-15(5-9-17)12-19(21(25)28-3)23(20(24)13-22)14-16-6-10-18(27-2)11-7-16/h4-11,19H,12-14H2,1-3H3/t19-/m0/s1. The zero-order valence-electron chi connectivity index (χ0n) is 16.2. The van der Waals surface area contributed by atoms with E-state index in [4.69, 9.17) is 14.2 Å². The van der Waals surface area contributed by atoms with Crippen LogP contribution in [0.4, 0.5) is 0 Å². The molecule has 7 heteroatoms. The topological polar surface area (TPSA) is 65.1 Å². The summed E-state index contributed by atoms with van der Waals surface area (Å²) in [5.41, 5.74) is 1.79. The molecule has 2 aromatic rings. The Kier molecular flexibility index (Phi) is 8.32. The number of hydrogen-bond donors (Lipinski definition) is 0. The van der Waals surface area contributed by atoms with Gasteiger partial charge in [0.2, 0.25) is 5.91 Å². The predicted octanol–water partition coefficient (Wildman–Crippen LogP) is 3.21. The van der Waals surface area contributed by atoms with Crippen molar-refractivity contribution in [2.75, 3.05) is 26.7 Å². The molecule has 1 atom stereocenters. The van der Waals surface area contributed by atoms with Crippen LogP contribution in [0.25, 0.3) is 0 Å². The number of nitrogens with zero attached hydrogens (tertiary/aromatic N) is 1. The molecule has 0 fully saturated rings. The molecule has 0 saturated carbocycles. The molecule has 2 rings (SSSR count). The molecular weight excluding hydrogens is 426 g/mol. The number of carbonyl (C=O) groups excluding carboxylic acids is 2. The number of benzene rings is 2. The number of rotatable bonds is 9. The lowest BCUT2D eigenvalue weighted by Gasteiger charge is -2.30. The normalized spacial score (nSPS) is 11.4. The van der Waals surface area contributed by atoms with E-state index < -0.39 is 12.0 Å². The lowest BCUT2D eigenvalue weighted by Crippen LogP contribution is -2.47. The zero-order valence-corrected chi connectivity index (χ0v) is 17.8. The molecular formula is C21H24BrNO5. The van der Waals surface area contributed by atoms with Crippen molar-refractivity contribution < 1.29 is 23.8 Å². The number of ether oxygens (including phenoxy) is 3. The van der Waals surface area contributed by atoms with Gasteiger partial charge in [-0.3, -0.25) is 4.79 Å². The molecule has 0 saturated heterocycles. The van der Waals surface area contributed by atoms with Gasteiger partial charge in [0.1, 0.15) is 17.5 Å². The minimum absolute atomic E-state index is 0.110. The Bertz CT molecular complexity index is 709. The first-order valence-electron chi connectivity index (χ1n) is 8.71. The number of halogens is 1. The monoisotopic (exact) mass is 449 g/mol. The van der Waals surface area contributed by atoms with Gasteiger partial charge in [-0.25, -0.2) is 4.79 Å². The van der Waals surface area contributed by atoms with Crippen LogP contribution in [0.2, 0.25) is 0 Å². The summed E-state index contributed by atoms with van der Waals surface area (Å²) >= 11 is 3.22. The average Bonchev–Trinajstić information content (AvgIpc) is 2.75. The highest BCUT2D eigenvalue weighted by atomic mass is 79.9. The van der Waals surface area contributed by atoms with Gasteiger partial charge in [-0.2, -0.15) is 0 Å². The SMILES string of the molecule is COC(=O)[C@H](Cc1ccc(OC)cc1)N(Cc1ccc(OC)cc1)C(=O)CBr. The molecule has 0 unspecified atom stereocenters. The van der Waals surface area contributed by atoms with E-state index in [2.05, 4.69) is 15.9 Å². The minimum Gasteiger partial charge on any atom is -0.497 e. The molecule has 0 spiro atoms. The van der Waals surface area contributed by atoms with E-state index in [0.29, 0.717) is 6.42 Å². The van der Waals surface area contributed by atoms with Gasteiger partial charge >= 0.3 is 5.97 Å². The Morgan fingerprint density at radius 1 is 0.893 bits per heavy atom. The average molecular weight is 450 g/mol. The highest BCUT2D eigenvalue weighted by Crippen LogP contribution is 2.19. The quantitative estimate of drug-likeness (QED) is 0.434. The molecule has 0 aromatic heterocycles. The van der Waals surface area contributed by atoms with Gasteiger partial charge in [-0.05, 0) is 35.4 Å². The number of hydrogen-bond acceptors (Lipinski definition) is 5. The Balaban J connectivity index is 2.29. The maximum atomic E-state index is 12.6. The van der Waals surface area contributed by atoms with Crippen LogP contribution in [0.5, 0.6) is 11.5 Å². The van der Waals surface area contributed by atoms with Crippen molar-refractivity contribution in [2.24, 2.45) is 0 Å². The van der Waals surface area contributed by atoms with E-state index in [9.17, 15) is 9.59 Å². The third-order valence-corrected chi connectivity index (χ3v) is 4.86. The third-order valence-electron chi connectivity index (χ3n) is 4.38. The molecule has 150 valence electrons. The fraction of sp³-hybridized carbons (Fsp3) is 0.333. The van der Waals surface area contributed by atoms with Crippen molar-refractivity contribution in [3.8, 4) is 11.5 Å². The van der Waals surface area contributed by atoms with Crippen LogP contribution in [0.15, 0.2) is 48.5 Å². The Hall–Kier alpha value is -2.54. The second-order valence-electron chi connectivity index (χ2n) is 6.09. The molecule has 0 bridgehead atoms. The summed E-state index contributed by atoms with van der Waals surface area (Å²) in [7, 11) is 4.52. The van der Waals surface area contributed by atoms with Gasteiger partial charge in [0.05, 0.1) is 26.7 Å². The number of esters is 1.